The largest absolute Gasteiger partial charge is 0.346 e. The van der Waals surface area contributed by atoms with Gasteiger partial charge in [0.1, 0.15) is 5.65 Å². The molecule has 1 amide bonds. The van der Waals surface area contributed by atoms with E-state index in [1.807, 2.05) is 29.4 Å². The molecule has 166 valence electrons. The number of hydrogen-bond donors (Lipinski definition) is 2. The van der Waals surface area contributed by atoms with E-state index >= 15 is 0 Å². The third-order valence-electron chi connectivity index (χ3n) is 7.08. The minimum atomic E-state index is 0.0562. The molecule has 0 saturated carbocycles. The maximum atomic E-state index is 13.1. The highest BCUT2D eigenvalue weighted by atomic mass is 16.2. The van der Waals surface area contributed by atoms with Crippen LogP contribution in [0.3, 0.4) is 0 Å². The number of carbonyl (C=O) groups excluding carboxylic acids is 1. The number of carbonyl (C=O) groups is 1. The molecule has 2 N–H and O–H groups in total. The van der Waals surface area contributed by atoms with Gasteiger partial charge in [0.05, 0.1) is 5.56 Å². The van der Waals surface area contributed by atoms with Crippen LogP contribution in [0.2, 0.25) is 0 Å². The molecule has 1 atom stereocenters. The van der Waals surface area contributed by atoms with E-state index in [-0.39, 0.29) is 5.91 Å². The van der Waals surface area contributed by atoms with Crippen LogP contribution in [0.5, 0.6) is 0 Å². The van der Waals surface area contributed by atoms with Gasteiger partial charge >= 0.3 is 0 Å². The Labute approximate surface area is 193 Å². The summed E-state index contributed by atoms with van der Waals surface area (Å²) in [7, 11) is 0. The molecule has 4 aromatic rings. The molecule has 2 aliphatic heterocycles. The summed E-state index contributed by atoms with van der Waals surface area (Å²) in [5, 5.41) is 4.84. The molecule has 1 aromatic carbocycles. The fourth-order valence-corrected chi connectivity index (χ4v) is 5.26. The Morgan fingerprint density at radius 2 is 2.12 bits per heavy atom. The number of nitrogens with one attached hydrogen (secondary N) is 2. The summed E-state index contributed by atoms with van der Waals surface area (Å²) in [6, 6.07) is 10.9. The number of aryl methyl sites for hydroxylation is 1. The SMILES string of the molecule is Cc1c[nH]c2ncc(-c3cc4c(c([C@@H]5CCCN5)c3)CN(C(=O)c3cccnc3)CC4)cc12. The summed E-state index contributed by atoms with van der Waals surface area (Å²) >= 11 is 0. The number of rotatable bonds is 3. The monoisotopic (exact) mass is 437 g/mol. The number of amides is 1. The van der Waals surface area contributed by atoms with Gasteiger partial charge in [0, 0.05) is 54.9 Å². The van der Waals surface area contributed by atoms with Crippen LogP contribution in [-0.2, 0) is 13.0 Å². The summed E-state index contributed by atoms with van der Waals surface area (Å²) in [5.74, 6) is 0.0562. The second-order valence-electron chi connectivity index (χ2n) is 9.16. The lowest BCUT2D eigenvalue weighted by atomic mass is 9.87. The van der Waals surface area contributed by atoms with Gasteiger partial charge in [0.2, 0.25) is 0 Å². The van der Waals surface area contributed by atoms with Crippen LogP contribution in [0.25, 0.3) is 22.2 Å². The maximum absolute atomic E-state index is 13.1. The fourth-order valence-electron chi connectivity index (χ4n) is 5.26. The summed E-state index contributed by atoms with van der Waals surface area (Å²) in [4.78, 5) is 27.1. The Morgan fingerprint density at radius 1 is 1.18 bits per heavy atom. The Balaban J connectivity index is 1.41. The second-order valence-corrected chi connectivity index (χ2v) is 9.16. The zero-order valence-corrected chi connectivity index (χ0v) is 18.8. The minimum absolute atomic E-state index is 0.0562. The Hall–Kier alpha value is -3.51. The van der Waals surface area contributed by atoms with E-state index in [2.05, 4.69) is 45.4 Å². The van der Waals surface area contributed by atoms with E-state index in [4.69, 9.17) is 0 Å². The van der Waals surface area contributed by atoms with Gasteiger partial charge in [-0.3, -0.25) is 9.78 Å². The molecular formula is C27H27N5O. The lowest BCUT2D eigenvalue weighted by Gasteiger charge is -2.32. The highest BCUT2D eigenvalue weighted by Crippen LogP contribution is 2.36. The molecule has 6 nitrogen and oxygen atoms in total. The van der Waals surface area contributed by atoms with Gasteiger partial charge in [-0.15, -0.1) is 0 Å². The number of hydrogen-bond acceptors (Lipinski definition) is 4. The molecule has 0 bridgehead atoms. The standard InChI is InChI=1S/C27H27N5O/c1-17-13-30-26-22(17)12-21(15-31-26)20-10-18-6-9-32(27(33)19-4-2-7-28-14-19)16-24(18)23(11-20)25-5-3-8-29-25/h2,4,7,10-15,25,29H,3,5-6,8-9,16H2,1H3,(H,30,31)/t25-/m0/s1. The highest BCUT2D eigenvalue weighted by Gasteiger charge is 2.28. The van der Waals surface area contributed by atoms with E-state index < -0.39 is 0 Å². The van der Waals surface area contributed by atoms with Crippen LogP contribution >= 0.6 is 0 Å². The van der Waals surface area contributed by atoms with Crippen molar-refractivity contribution in [1.29, 1.82) is 0 Å². The molecule has 0 radical (unpaired) electrons. The Bertz CT molecular complexity index is 1340. The summed E-state index contributed by atoms with van der Waals surface area (Å²) in [6.07, 6.45) is 10.5. The van der Waals surface area contributed by atoms with Crippen LogP contribution in [0, 0.1) is 6.92 Å². The molecular weight excluding hydrogens is 410 g/mol. The van der Waals surface area contributed by atoms with Crippen LogP contribution in [-0.4, -0.2) is 38.8 Å². The van der Waals surface area contributed by atoms with Crippen molar-refractivity contribution in [3.8, 4) is 11.1 Å². The molecule has 5 heterocycles. The van der Waals surface area contributed by atoms with Crippen molar-refractivity contribution in [2.24, 2.45) is 0 Å². The lowest BCUT2D eigenvalue weighted by Crippen LogP contribution is -2.37. The van der Waals surface area contributed by atoms with E-state index in [9.17, 15) is 4.79 Å². The quantitative estimate of drug-likeness (QED) is 0.493. The molecule has 0 aliphatic carbocycles. The third kappa shape index (κ3) is 3.60. The highest BCUT2D eigenvalue weighted by molar-refractivity contribution is 5.94. The van der Waals surface area contributed by atoms with E-state index in [1.54, 1.807) is 12.4 Å². The van der Waals surface area contributed by atoms with Crippen LogP contribution in [0.1, 0.15) is 51.5 Å². The smallest absolute Gasteiger partial charge is 0.255 e. The number of pyridine rings is 2. The van der Waals surface area contributed by atoms with Crippen LogP contribution in [0.4, 0.5) is 0 Å². The molecule has 2 aliphatic rings. The van der Waals surface area contributed by atoms with Gasteiger partial charge in [-0.25, -0.2) is 4.98 Å². The van der Waals surface area contributed by atoms with Gasteiger partial charge in [0.15, 0.2) is 0 Å². The van der Waals surface area contributed by atoms with Gasteiger partial charge in [-0.1, -0.05) is 6.07 Å². The molecule has 1 fully saturated rings. The van der Waals surface area contributed by atoms with Crippen molar-refractivity contribution in [1.82, 2.24) is 25.2 Å². The first-order chi connectivity index (χ1) is 16.2. The minimum Gasteiger partial charge on any atom is -0.346 e. The summed E-state index contributed by atoms with van der Waals surface area (Å²) in [6.45, 7) is 4.51. The van der Waals surface area contributed by atoms with E-state index in [0.29, 0.717) is 18.2 Å². The zero-order chi connectivity index (χ0) is 22.4. The topological polar surface area (TPSA) is 73.9 Å². The molecule has 6 rings (SSSR count). The first-order valence-corrected chi connectivity index (χ1v) is 11.7. The molecule has 0 unspecified atom stereocenters. The van der Waals surface area contributed by atoms with Gasteiger partial charge in [-0.05, 0) is 84.8 Å². The van der Waals surface area contributed by atoms with E-state index in [1.165, 1.54) is 39.6 Å². The molecule has 1 saturated heterocycles. The molecule has 6 heteroatoms. The van der Waals surface area contributed by atoms with Crippen LogP contribution < -0.4 is 5.32 Å². The Morgan fingerprint density at radius 3 is 2.94 bits per heavy atom. The van der Waals surface area contributed by atoms with Crippen molar-refractivity contribution < 1.29 is 4.79 Å². The van der Waals surface area contributed by atoms with E-state index in [0.717, 1.165) is 37.1 Å². The van der Waals surface area contributed by atoms with Crippen molar-refractivity contribution in [2.75, 3.05) is 13.1 Å². The Kier molecular flexibility index (Phi) is 4.95. The second kappa shape index (κ2) is 8.12. The number of benzene rings is 1. The number of fused-ring (bicyclic) bond motifs is 2. The summed E-state index contributed by atoms with van der Waals surface area (Å²) in [5.41, 5.74) is 9.11. The predicted octanol–water partition coefficient (Wildman–Crippen LogP) is 4.56. The number of H-pyrrole nitrogens is 1. The first kappa shape index (κ1) is 20.1. The van der Waals surface area contributed by atoms with Crippen molar-refractivity contribution in [3.05, 3.63) is 82.9 Å². The average molecular weight is 438 g/mol. The predicted molar refractivity (Wildman–Crippen MR) is 129 cm³/mol. The first-order valence-electron chi connectivity index (χ1n) is 11.7. The summed E-state index contributed by atoms with van der Waals surface area (Å²) < 4.78 is 0. The maximum Gasteiger partial charge on any atom is 0.255 e. The third-order valence-corrected chi connectivity index (χ3v) is 7.08. The number of aromatic amines is 1. The van der Waals surface area contributed by atoms with Gasteiger partial charge in [0.25, 0.3) is 5.91 Å². The van der Waals surface area contributed by atoms with Crippen LogP contribution in [0.15, 0.2) is 55.1 Å². The molecule has 33 heavy (non-hydrogen) atoms. The fraction of sp³-hybridized carbons (Fsp3) is 0.296. The van der Waals surface area contributed by atoms with Crippen molar-refractivity contribution >= 4 is 16.9 Å². The van der Waals surface area contributed by atoms with Gasteiger partial charge < -0.3 is 15.2 Å². The normalized spacial score (nSPS) is 18.0. The lowest BCUT2D eigenvalue weighted by molar-refractivity contribution is 0.0733. The number of aromatic nitrogens is 3. The van der Waals surface area contributed by atoms with Crippen molar-refractivity contribution in [3.63, 3.8) is 0 Å². The zero-order valence-electron chi connectivity index (χ0n) is 18.8. The molecule has 3 aromatic heterocycles. The average Bonchev–Trinajstić information content (AvgIpc) is 3.53. The van der Waals surface area contributed by atoms with Crippen molar-refractivity contribution in [2.45, 2.75) is 38.8 Å². The molecule has 0 spiro atoms. The van der Waals surface area contributed by atoms with Gasteiger partial charge in [-0.2, -0.15) is 0 Å². The number of nitrogens with zero attached hydrogens (tertiary/aromatic N) is 3.